The molecular weight excluding hydrogens is 701 g/mol. The Balaban J connectivity index is 0.974. The zero-order valence-corrected chi connectivity index (χ0v) is 30.6. The summed E-state index contributed by atoms with van der Waals surface area (Å²) in [6.45, 7) is 0. The van der Waals surface area contributed by atoms with Crippen LogP contribution in [0.3, 0.4) is 0 Å². The number of hydrogen-bond acceptors (Lipinski definition) is 5. The summed E-state index contributed by atoms with van der Waals surface area (Å²) >= 11 is 0. The fraction of sp³-hybridized carbons (Fsp3) is 0.0196. The lowest BCUT2D eigenvalue weighted by atomic mass is 10.0. The molecule has 0 fully saturated rings. The predicted molar refractivity (Wildman–Crippen MR) is 233 cm³/mol. The number of amidine groups is 2. The first-order valence-electron chi connectivity index (χ1n) is 19.2. The Labute approximate surface area is 326 Å². The maximum Gasteiger partial charge on any atom is 0.159 e. The van der Waals surface area contributed by atoms with Gasteiger partial charge in [-0.2, -0.15) is 0 Å². The summed E-state index contributed by atoms with van der Waals surface area (Å²) in [7, 11) is 0. The molecule has 1 aliphatic rings. The van der Waals surface area contributed by atoms with E-state index in [1.807, 2.05) is 48.5 Å². The Hall–Kier alpha value is -7.70. The molecule has 0 amide bonds. The lowest BCUT2D eigenvalue weighted by Gasteiger charge is -2.23. The minimum absolute atomic E-state index is 0.431. The monoisotopic (exact) mass is 732 g/mol. The van der Waals surface area contributed by atoms with Crippen LogP contribution in [0.15, 0.2) is 201 Å². The van der Waals surface area contributed by atoms with Gasteiger partial charge in [0, 0.05) is 54.7 Å². The van der Waals surface area contributed by atoms with Gasteiger partial charge >= 0.3 is 0 Å². The van der Waals surface area contributed by atoms with Gasteiger partial charge in [-0.05, 0) is 59.7 Å². The third-order valence-electron chi connectivity index (χ3n) is 11.3. The largest absolute Gasteiger partial charge is 0.456 e. The van der Waals surface area contributed by atoms with Crippen molar-refractivity contribution in [3.8, 4) is 16.8 Å². The van der Waals surface area contributed by atoms with Gasteiger partial charge in [0.15, 0.2) is 12.0 Å². The number of aromatic nitrogens is 1. The van der Waals surface area contributed by atoms with Gasteiger partial charge in [-0.3, -0.25) is 0 Å². The first-order valence-corrected chi connectivity index (χ1v) is 19.2. The van der Waals surface area contributed by atoms with Crippen molar-refractivity contribution in [2.75, 3.05) is 0 Å². The maximum atomic E-state index is 6.59. The molecule has 0 radical (unpaired) electrons. The second-order valence-electron chi connectivity index (χ2n) is 14.6. The van der Waals surface area contributed by atoms with Crippen molar-refractivity contribution in [2.45, 2.75) is 6.17 Å². The van der Waals surface area contributed by atoms with E-state index in [1.54, 1.807) is 0 Å². The minimum atomic E-state index is -0.431. The molecular formula is C51H32N4O2. The minimum Gasteiger partial charge on any atom is -0.456 e. The van der Waals surface area contributed by atoms with Crippen LogP contribution in [0.25, 0.3) is 82.5 Å². The number of rotatable bonds is 5. The first kappa shape index (κ1) is 31.6. The molecule has 0 spiro atoms. The topological polar surface area (TPSA) is 68.0 Å². The zero-order chi connectivity index (χ0) is 37.5. The molecule has 268 valence electrons. The van der Waals surface area contributed by atoms with Crippen molar-refractivity contribution in [3.05, 3.63) is 199 Å². The highest BCUT2D eigenvalue weighted by Gasteiger charge is 2.25. The van der Waals surface area contributed by atoms with Crippen molar-refractivity contribution in [1.29, 1.82) is 0 Å². The number of aliphatic imine (C=N–C) groups is 2. The maximum absolute atomic E-state index is 6.59. The van der Waals surface area contributed by atoms with E-state index in [0.29, 0.717) is 11.7 Å². The van der Waals surface area contributed by atoms with E-state index in [-0.39, 0.29) is 0 Å². The van der Waals surface area contributed by atoms with Gasteiger partial charge in [-0.1, -0.05) is 133 Å². The predicted octanol–water partition coefficient (Wildman–Crippen LogP) is 12.7. The van der Waals surface area contributed by atoms with Gasteiger partial charge < -0.3 is 18.7 Å². The Kier molecular flexibility index (Phi) is 6.89. The summed E-state index contributed by atoms with van der Waals surface area (Å²) in [5, 5.41) is 10.3. The van der Waals surface area contributed by atoms with Crippen LogP contribution >= 0.6 is 0 Å². The van der Waals surface area contributed by atoms with E-state index in [1.165, 1.54) is 21.9 Å². The Morgan fingerprint density at radius 3 is 2.00 bits per heavy atom. The molecule has 1 N–H and O–H groups in total. The first-order chi connectivity index (χ1) is 28.2. The van der Waals surface area contributed by atoms with Crippen LogP contribution in [-0.2, 0) is 0 Å². The summed E-state index contributed by atoms with van der Waals surface area (Å²) in [5.41, 5.74) is 11.9. The van der Waals surface area contributed by atoms with Gasteiger partial charge in [0.2, 0.25) is 0 Å². The molecule has 57 heavy (non-hydrogen) atoms. The summed E-state index contributed by atoms with van der Waals surface area (Å²) < 4.78 is 15.4. The molecule has 3 aromatic heterocycles. The van der Waals surface area contributed by atoms with Crippen molar-refractivity contribution in [1.82, 2.24) is 9.88 Å². The third-order valence-corrected chi connectivity index (χ3v) is 11.3. The van der Waals surface area contributed by atoms with Crippen LogP contribution < -0.4 is 5.32 Å². The summed E-state index contributed by atoms with van der Waals surface area (Å²) in [6.07, 6.45) is -0.431. The second kappa shape index (κ2) is 12.4. The molecule has 1 unspecified atom stereocenters. The average Bonchev–Trinajstić information content (AvgIpc) is 3.95. The van der Waals surface area contributed by atoms with E-state index < -0.39 is 6.17 Å². The molecule has 1 atom stereocenters. The van der Waals surface area contributed by atoms with Crippen molar-refractivity contribution in [2.24, 2.45) is 9.98 Å². The third kappa shape index (κ3) is 5.04. The number of furan rings is 2. The molecule has 0 saturated carbocycles. The molecule has 6 nitrogen and oxygen atoms in total. The number of benzene rings is 8. The van der Waals surface area contributed by atoms with Crippen LogP contribution in [0, 0.1) is 0 Å². The Bertz CT molecular complexity index is 3440. The van der Waals surface area contributed by atoms with Crippen LogP contribution in [0.1, 0.15) is 22.9 Å². The van der Waals surface area contributed by atoms with Gasteiger partial charge in [0.1, 0.15) is 28.2 Å². The highest BCUT2D eigenvalue weighted by molar-refractivity contribution is 6.16. The quantitative estimate of drug-likeness (QED) is 0.192. The van der Waals surface area contributed by atoms with Crippen molar-refractivity contribution >= 4 is 77.4 Å². The highest BCUT2D eigenvalue weighted by atomic mass is 16.3. The highest BCUT2D eigenvalue weighted by Crippen LogP contribution is 2.39. The van der Waals surface area contributed by atoms with Crippen LogP contribution in [-0.4, -0.2) is 16.2 Å². The van der Waals surface area contributed by atoms with E-state index in [0.717, 1.165) is 77.3 Å². The van der Waals surface area contributed by atoms with E-state index in [2.05, 4.69) is 143 Å². The summed E-state index contributed by atoms with van der Waals surface area (Å²) in [5.74, 6) is 1.36. The lowest BCUT2D eigenvalue weighted by molar-refractivity contribution is 0.628. The number of fused-ring (bicyclic) bond motifs is 9. The molecule has 0 bridgehead atoms. The molecule has 8 aromatic carbocycles. The van der Waals surface area contributed by atoms with Crippen molar-refractivity contribution < 1.29 is 8.83 Å². The summed E-state index contributed by atoms with van der Waals surface area (Å²) in [6, 6.07) is 63.4. The summed E-state index contributed by atoms with van der Waals surface area (Å²) in [4.78, 5) is 10.2. The second-order valence-corrected chi connectivity index (χ2v) is 14.6. The molecule has 0 aliphatic carbocycles. The van der Waals surface area contributed by atoms with Crippen molar-refractivity contribution in [3.63, 3.8) is 0 Å². The smallest absolute Gasteiger partial charge is 0.159 e. The zero-order valence-electron chi connectivity index (χ0n) is 30.6. The lowest BCUT2D eigenvalue weighted by Crippen LogP contribution is -2.33. The van der Waals surface area contributed by atoms with E-state index in [9.17, 15) is 0 Å². The molecule has 0 saturated heterocycles. The molecule has 1 aliphatic heterocycles. The average molecular weight is 733 g/mol. The van der Waals surface area contributed by atoms with Gasteiger partial charge in [0.05, 0.1) is 11.0 Å². The molecule has 6 heteroatoms. The molecule has 12 rings (SSSR count). The fourth-order valence-electron chi connectivity index (χ4n) is 8.57. The number of para-hydroxylation sites is 3. The Morgan fingerprint density at radius 1 is 0.439 bits per heavy atom. The van der Waals surface area contributed by atoms with Crippen LogP contribution in [0.4, 0.5) is 0 Å². The Morgan fingerprint density at radius 2 is 1.12 bits per heavy atom. The normalized spacial score (nSPS) is 14.5. The standard InChI is InChI=1S/C51H32N4O2/c1-3-12-31(13-4-1)33-22-25-37-36-16-7-9-20-43(36)55(44(37)28-33)35-24-27-46-42(30-35)39-26-23-34(29-47(39)56-46)50-52-49(32-14-5-2-6-15-32)53-51(54-50)41-19-11-18-40-38-17-8-10-21-45(38)57-48(40)41/h1-30,51H,(H,52,53,54). The van der Waals surface area contributed by atoms with E-state index in [4.69, 9.17) is 18.8 Å². The molecule has 11 aromatic rings. The number of hydrogen-bond donors (Lipinski definition) is 1. The van der Waals surface area contributed by atoms with Gasteiger partial charge in [-0.25, -0.2) is 9.98 Å². The van der Waals surface area contributed by atoms with Crippen LogP contribution in [0.5, 0.6) is 0 Å². The SMILES string of the molecule is c1ccc(C2=NC(c3cccc4c3oc3ccccc34)NC(c3ccc4c(c3)oc3ccc(-n5c6ccccc6c6ccc(-c7ccccc7)cc65)cc34)=N2)cc1. The molecule has 4 heterocycles. The van der Waals surface area contributed by atoms with Gasteiger partial charge in [-0.15, -0.1) is 0 Å². The number of nitrogens with one attached hydrogen (secondary N) is 1. The van der Waals surface area contributed by atoms with Crippen LogP contribution in [0.2, 0.25) is 0 Å². The van der Waals surface area contributed by atoms with Gasteiger partial charge in [0.25, 0.3) is 0 Å². The number of nitrogens with zero attached hydrogens (tertiary/aromatic N) is 3. The van der Waals surface area contributed by atoms with E-state index >= 15 is 0 Å². The fourth-order valence-corrected chi connectivity index (χ4v) is 8.57.